The van der Waals surface area contributed by atoms with Crippen LogP contribution >= 0.6 is 0 Å². The Morgan fingerprint density at radius 1 is 1.25 bits per heavy atom. The van der Waals surface area contributed by atoms with Crippen molar-refractivity contribution in [3.8, 4) is 17.6 Å². The Morgan fingerprint density at radius 3 is 2.62 bits per heavy atom. The first-order valence-electron chi connectivity index (χ1n) is 5.62. The van der Waals surface area contributed by atoms with Crippen molar-refractivity contribution >= 4 is 0 Å². The first-order chi connectivity index (χ1) is 7.73. The summed E-state index contributed by atoms with van der Waals surface area (Å²) < 4.78 is 5.21. The van der Waals surface area contributed by atoms with Gasteiger partial charge in [0.25, 0.3) is 0 Å². The maximum Gasteiger partial charge on any atom is 0.134 e. The zero-order chi connectivity index (χ0) is 11.4. The molecule has 1 aliphatic rings. The van der Waals surface area contributed by atoms with Crippen molar-refractivity contribution < 1.29 is 9.84 Å². The monoisotopic (exact) mass is 216 g/mol. The van der Waals surface area contributed by atoms with Gasteiger partial charge in [-0.05, 0) is 37.8 Å². The molecule has 0 unspecified atom stereocenters. The third-order valence-electron chi connectivity index (χ3n) is 2.97. The molecule has 1 fully saturated rings. The van der Waals surface area contributed by atoms with Crippen molar-refractivity contribution in [3.05, 3.63) is 29.8 Å². The van der Waals surface area contributed by atoms with Crippen LogP contribution < -0.4 is 4.74 Å². The van der Waals surface area contributed by atoms with Gasteiger partial charge in [-0.3, -0.25) is 0 Å². The molecule has 0 atom stereocenters. The van der Waals surface area contributed by atoms with Crippen LogP contribution in [-0.2, 0) is 0 Å². The lowest BCUT2D eigenvalue weighted by Gasteiger charge is -2.13. The molecule has 0 heterocycles. The normalized spacial score (nSPS) is 17.6. The van der Waals surface area contributed by atoms with Crippen LogP contribution in [0.5, 0.6) is 5.75 Å². The fourth-order valence-corrected chi connectivity index (χ4v) is 2.02. The molecule has 1 aromatic carbocycles. The van der Waals surface area contributed by atoms with Gasteiger partial charge in [-0.1, -0.05) is 24.0 Å². The zero-order valence-electron chi connectivity index (χ0n) is 9.49. The molecule has 0 radical (unpaired) electrons. The van der Waals surface area contributed by atoms with Gasteiger partial charge in [0.2, 0.25) is 0 Å². The standard InChI is InChI=1S/C14H16O2/c1-16-13-7-3-2-6-12(13)8-11-14(15)9-4-5-10-14/h2-3,6-7,15H,4-5,9-10H2,1H3. The average Bonchev–Trinajstić information content (AvgIpc) is 2.74. The molecular formula is C14H16O2. The van der Waals surface area contributed by atoms with Gasteiger partial charge in [0.1, 0.15) is 11.4 Å². The second-order valence-corrected chi connectivity index (χ2v) is 4.19. The summed E-state index contributed by atoms with van der Waals surface area (Å²) >= 11 is 0. The molecule has 1 saturated carbocycles. The number of para-hydroxylation sites is 1. The summed E-state index contributed by atoms with van der Waals surface area (Å²) in [5.74, 6) is 6.76. The predicted octanol–water partition coefficient (Wildman–Crippen LogP) is 2.35. The van der Waals surface area contributed by atoms with Gasteiger partial charge < -0.3 is 9.84 Å². The Labute approximate surface area is 96.3 Å². The maximum atomic E-state index is 10.1. The molecule has 2 heteroatoms. The summed E-state index contributed by atoms with van der Waals surface area (Å²) in [5.41, 5.74) is 0.0613. The molecule has 1 N–H and O–H groups in total. The van der Waals surface area contributed by atoms with Crippen LogP contribution in [-0.4, -0.2) is 17.8 Å². The van der Waals surface area contributed by atoms with Crippen molar-refractivity contribution in [2.45, 2.75) is 31.3 Å². The lowest BCUT2D eigenvalue weighted by atomic mass is 10.0. The van der Waals surface area contributed by atoms with Crippen LogP contribution in [0.1, 0.15) is 31.2 Å². The molecule has 0 aliphatic heterocycles. The summed E-state index contributed by atoms with van der Waals surface area (Å²) in [6.07, 6.45) is 3.71. The lowest BCUT2D eigenvalue weighted by molar-refractivity contribution is 0.110. The summed E-state index contributed by atoms with van der Waals surface area (Å²) in [6, 6.07) is 7.62. The number of benzene rings is 1. The van der Waals surface area contributed by atoms with E-state index in [-0.39, 0.29) is 0 Å². The van der Waals surface area contributed by atoms with Gasteiger partial charge in [-0.2, -0.15) is 0 Å². The largest absolute Gasteiger partial charge is 0.495 e. The van der Waals surface area contributed by atoms with Crippen LogP contribution in [0.15, 0.2) is 24.3 Å². The van der Waals surface area contributed by atoms with Crippen molar-refractivity contribution in [3.63, 3.8) is 0 Å². The highest BCUT2D eigenvalue weighted by molar-refractivity contribution is 5.46. The number of rotatable bonds is 1. The molecular weight excluding hydrogens is 200 g/mol. The number of methoxy groups -OCH3 is 1. The van der Waals surface area contributed by atoms with E-state index < -0.39 is 5.60 Å². The maximum absolute atomic E-state index is 10.1. The summed E-state index contributed by atoms with van der Waals surface area (Å²) in [5, 5.41) is 10.1. The highest BCUT2D eigenvalue weighted by atomic mass is 16.5. The molecule has 1 aromatic rings. The summed E-state index contributed by atoms with van der Waals surface area (Å²) in [4.78, 5) is 0. The fraction of sp³-hybridized carbons (Fsp3) is 0.429. The van der Waals surface area contributed by atoms with E-state index >= 15 is 0 Å². The van der Waals surface area contributed by atoms with Crippen molar-refractivity contribution in [1.29, 1.82) is 0 Å². The number of hydrogen-bond acceptors (Lipinski definition) is 2. The average molecular weight is 216 g/mol. The van der Waals surface area contributed by atoms with Gasteiger partial charge >= 0.3 is 0 Å². The molecule has 16 heavy (non-hydrogen) atoms. The summed E-state index contributed by atoms with van der Waals surface area (Å²) in [7, 11) is 1.63. The third kappa shape index (κ3) is 2.37. The van der Waals surface area contributed by atoms with Gasteiger partial charge in [-0.15, -0.1) is 0 Å². The van der Waals surface area contributed by atoms with E-state index in [9.17, 15) is 5.11 Å². The highest BCUT2D eigenvalue weighted by Gasteiger charge is 2.28. The molecule has 2 nitrogen and oxygen atoms in total. The summed E-state index contributed by atoms with van der Waals surface area (Å²) in [6.45, 7) is 0. The number of hydrogen-bond donors (Lipinski definition) is 1. The minimum Gasteiger partial charge on any atom is -0.495 e. The van der Waals surface area contributed by atoms with E-state index in [0.29, 0.717) is 0 Å². The van der Waals surface area contributed by atoms with Crippen LogP contribution in [0.3, 0.4) is 0 Å². The predicted molar refractivity (Wildman–Crippen MR) is 63.3 cm³/mol. The third-order valence-corrected chi connectivity index (χ3v) is 2.97. The Hall–Kier alpha value is -1.46. The fourth-order valence-electron chi connectivity index (χ4n) is 2.02. The first kappa shape index (κ1) is 11.0. The van der Waals surface area contributed by atoms with E-state index in [1.807, 2.05) is 24.3 Å². The van der Waals surface area contributed by atoms with Crippen molar-refractivity contribution in [1.82, 2.24) is 0 Å². The van der Waals surface area contributed by atoms with E-state index in [1.54, 1.807) is 7.11 Å². The Bertz CT molecular complexity index is 420. The molecule has 1 aliphatic carbocycles. The zero-order valence-corrected chi connectivity index (χ0v) is 9.49. The van der Waals surface area contributed by atoms with Crippen molar-refractivity contribution in [2.24, 2.45) is 0 Å². The second-order valence-electron chi connectivity index (χ2n) is 4.19. The van der Waals surface area contributed by atoms with Gasteiger partial charge in [0, 0.05) is 0 Å². The quantitative estimate of drug-likeness (QED) is 0.730. The minimum atomic E-state index is -0.777. The van der Waals surface area contributed by atoms with E-state index in [0.717, 1.165) is 37.0 Å². The van der Waals surface area contributed by atoms with E-state index in [4.69, 9.17) is 4.74 Å². The van der Waals surface area contributed by atoms with E-state index in [2.05, 4.69) is 11.8 Å². The Balaban J connectivity index is 2.23. The topological polar surface area (TPSA) is 29.5 Å². The number of aliphatic hydroxyl groups is 1. The van der Waals surface area contributed by atoms with Gasteiger partial charge in [0.05, 0.1) is 12.7 Å². The van der Waals surface area contributed by atoms with Crippen LogP contribution in [0, 0.1) is 11.8 Å². The molecule has 0 aromatic heterocycles. The SMILES string of the molecule is COc1ccccc1C#CC1(O)CCCC1. The van der Waals surface area contributed by atoms with E-state index in [1.165, 1.54) is 0 Å². The van der Waals surface area contributed by atoms with Crippen LogP contribution in [0.25, 0.3) is 0 Å². The molecule has 0 spiro atoms. The minimum absolute atomic E-state index is 0.761. The molecule has 0 bridgehead atoms. The molecule has 84 valence electrons. The first-order valence-corrected chi connectivity index (χ1v) is 5.62. The molecule has 0 amide bonds. The van der Waals surface area contributed by atoms with Gasteiger partial charge in [-0.25, -0.2) is 0 Å². The second kappa shape index (κ2) is 4.59. The smallest absolute Gasteiger partial charge is 0.134 e. The Kier molecular flexibility index (Phi) is 3.17. The number of ether oxygens (including phenoxy) is 1. The van der Waals surface area contributed by atoms with Crippen LogP contribution in [0.4, 0.5) is 0 Å². The molecule has 2 rings (SSSR count). The van der Waals surface area contributed by atoms with Crippen molar-refractivity contribution in [2.75, 3.05) is 7.11 Å². The van der Waals surface area contributed by atoms with Crippen LogP contribution in [0.2, 0.25) is 0 Å². The van der Waals surface area contributed by atoms with Gasteiger partial charge in [0.15, 0.2) is 0 Å². The Morgan fingerprint density at radius 2 is 1.94 bits per heavy atom. The lowest BCUT2D eigenvalue weighted by Crippen LogP contribution is -2.20. The molecule has 0 saturated heterocycles. The highest BCUT2D eigenvalue weighted by Crippen LogP contribution is 2.28.